The van der Waals surface area contributed by atoms with Crippen molar-refractivity contribution in [1.82, 2.24) is 0 Å². The Morgan fingerprint density at radius 2 is 1.60 bits per heavy atom. The lowest BCUT2D eigenvalue weighted by molar-refractivity contribution is -0.137. The number of hydrazone groups is 1. The molecule has 0 amide bonds. The van der Waals surface area contributed by atoms with E-state index in [4.69, 9.17) is 15.3 Å². The van der Waals surface area contributed by atoms with Gasteiger partial charge in [-0.25, -0.2) is 0 Å². The number of hydrogen-bond acceptors (Lipinski definition) is 5. The molecule has 25 heavy (non-hydrogen) atoms. The van der Waals surface area contributed by atoms with E-state index in [1.54, 1.807) is 36.4 Å². The van der Waals surface area contributed by atoms with Crippen molar-refractivity contribution in [3.63, 3.8) is 0 Å². The van der Waals surface area contributed by atoms with Gasteiger partial charge in [0.2, 0.25) is 5.71 Å². The summed E-state index contributed by atoms with van der Waals surface area (Å²) < 4.78 is 42.9. The van der Waals surface area contributed by atoms with Gasteiger partial charge in [-0.3, -0.25) is 5.43 Å². The van der Waals surface area contributed by atoms with Crippen LogP contribution in [0.3, 0.4) is 0 Å². The summed E-state index contributed by atoms with van der Waals surface area (Å²) in [5.41, 5.74) is 2.69. The molecule has 0 aliphatic heterocycles. The maximum atomic E-state index is 12.5. The zero-order chi connectivity index (χ0) is 18.3. The quantitative estimate of drug-likeness (QED) is 0.654. The van der Waals surface area contributed by atoms with Gasteiger partial charge in [0.15, 0.2) is 0 Å². The molecule has 0 saturated heterocycles. The van der Waals surface area contributed by atoms with Gasteiger partial charge in [0.05, 0.1) is 11.3 Å². The average molecular weight is 344 g/mol. The highest BCUT2D eigenvalue weighted by molar-refractivity contribution is 6.10. The van der Waals surface area contributed by atoms with Gasteiger partial charge in [-0.1, -0.05) is 12.1 Å². The number of rotatable bonds is 5. The van der Waals surface area contributed by atoms with Crippen LogP contribution < -0.4 is 10.2 Å². The predicted molar refractivity (Wildman–Crippen MR) is 84.5 cm³/mol. The van der Waals surface area contributed by atoms with Crippen LogP contribution in [0.1, 0.15) is 11.1 Å². The Morgan fingerprint density at radius 1 is 1.00 bits per heavy atom. The molecule has 2 aromatic carbocycles. The second-order valence-corrected chi connectivity index (χ2v) is 4.80. The number of nitrogens with one attached hydrogen (secondary N) is 1. The van der Waals surface area contributed by atoms with Crippen molar-refractivity contribution < 1.29 is 17.9 Å². The van der Waals surface area contributed by atoms with E-state index in [0.717, 1.165) is 12.1 Å². The van der Waals surface area contributed by atoms with Crippen molar-refractivity contribution in [2.75, 3.05) is 5.43 Å². The second kappa shape index (κ2) is 7.84. The van der Waals surface area contributed by atoms with Gasteiger partial charge in [0, 0.05) is 0 Å². The molecule has 0 atom stereocenters. The summed E-state index contributed by atoms with van der Waals surface area (Å²) in [7, 11) is 0. The smallest absolute Gasteiger partial charge is 0.416 e. The highest BCUT2D eigenvalue weighted by Crippen LogP contribution is 2.29. The first-order chi connectivity index (χ1) is 11.9. The minimum atomic E-state index is -4.36. The zero-order valence-corrected chi connectivity index (χ0v) is 12.7. The molecular weight excluding hydrogens is 333 g/mol. The van der Waals surface area contributed by atoms with Gasteiger partial charge in [0.1, 0.15) is 24.5 Å². The zero-order valence-electron chi connectivity index (χ0n) is 12.7. The molecule has 1 N–H and O–H groups in total. The first kappa shape index (κ1) is 17.8. The minimum absolute atomic E-state index is 0.121. The van der Waals surface area contributed by atoms with E-state index in [1.165, 1.54) is 12.1 Å². The lowest BCUT2D eigenvalue weighted by atomic mass is 10.1. The molecule has 0 radical (unpaired) electrons. The molecule has 0 spiro atoms. The number of nitrogens with zero attached hydrogens (tertiary/aromatic N) is 3. The lowest BCUT2D eigenvalue weighted by Crippen LogP contribution is -2.05. The molecule has 2 rings (SSSR count). The van der Waals surface area contributed by atoms with Crippen LogP contribution in [0.5, 0.6) is 5.75 Å². The van der Waals surface area contributed by atoms with Crippen LogP contribution in [0.2, 0.25) is 0 Å². The second-order valence-electron chi connectivity index (χ2n) is 4.80. The fourth-order valence-electron chi connectivity index (χ4n) is 1.78. The molecule has 0 unspecified atom stereocenters. The van der Waals surface area contributed by atoms with Crippen LogP contribution in [0, 0.1) is 22.7 Å². The third kappa shape index (κ3) is 5.26. The Bertz CT molecular complexity index is 813. The van der Waals surface area contributed by atoms with Crippen LogP contribution in [0.25, 0.3) is 0 Å². The van der Waals surface area contributed by atoms with Gasteiger partial charge in [0.25, 0.3) is 0 Å². The van der Waals surface area contributed by atoms with Crippen LogP contribution in [-0.2, 0) is 12.8 Å². The monoisotopic (exact) mass is 344 g/mol. The van der Waals surface area contributed by atoms with Crippen LogP contribution in [-0.4, -0.2) is 5.71 Å². The Balaban J connectivity index is 1.93. The maximum Gasteiger partial charge on any atom is 0.416 e. The van der Waals surface area contributed by atoms with Crippen molar-refractivity contribution >= 4 is 11.4 Å². The Hall–Kier alpha value is -3.52. The van der Waals surface area contributed by atoms with Crippen LogP contribution in [0.15, 0.2) is 53.6 Å². The van der Waals surface area contributed by atoms with Crippen molar-refractivity contribution in [2.24, 2.45) is 5.10 Å². The fraction of sp³-hybridized carbons (Fsp3) is 0.118. The highest BCUT2D eigenvalue weighted by Gasteiger charge is 2.29. The Morgan fingerprint density at radius 3 is 2.12 bits per heavy atom. The van der Waals surface area contributed by atoms with E-state index < -0.39 is 11.7 Å². The number of alkyl halides is 3. The van der Waals surface area contributed by atoms with Gasteiger partial charge in [-0.05, 0) is 42.0 Å². The van der Waals surface area contributed by atoms with E-state index >= 15 is 0 Å². The van der Waals surface area contributed by atoms with Crippen molar-refractivity contribution in [2.45, 2.75) is 12.8 Å². The normalized spacial score (nSPS) is 10.3. The molecule has 126 valence electrons. The molecule has 0 aliphatic rings. The highest BCUT2D eigenvalue weighted by atomic mass is 19.4. The molecular formula is C17H11F3N4O. The van der Waals surface area contributed by atoms with Gasteiger partial charge < -0.3 is 4.74 Å². The number of hydrogen-bond donors (Lipinski definition) is 1. The summed E-state index contributed by atoms with van der Waals surface area (Å²) >= 11 is 0. The summed E-state index contributed by atoms with van der Waals surface area (Å²) in [5, 5.41) is 20.7. The maximum absolute atomic E-state index is 12.5. The van der Waals surface area contributed by atoms with E-state index in [-0.39, 0.29) is 12.3 Å². The average Bonchev–Trinajstić information content (AvgIpc) is 2.61. The number of anilines is 1. The van der Waals surface area contributed by atoms with Crippen molar-refractivity contribution in [1.29, 1.82) is 10.5 Å². The molecule has 8 heteroatoms. The topological polar surface area (TPSA) is 81.2 Å². The molecule has 0 bridgehead atoms. The summed E-state index contributed by atoms with van der Waals surface area (Å²) in [6.07, 6.45) is -4.36. The first-order valence-electron chi connectivity index (χ1n) is 6.95. The van der Waals surface area contributed by atoms with E-state index in [0.29, 0.717) is 17.0 Å². The first-order valence-corrected chi connectivity index (χ1v) is 6.95. The van der Waals surface area contributed by atoms with Crippen LogP contribution in [0.4, 0.5) is 18.9 Å². The molecule has 0 saturated carbocycles. The van der Waals surface area contributed by atoms with E-state index in [1.807, 2.05) is 0 Å². The van der Waals surface area contributed by atoms with E-state index in [2.05, 4.69) is 10.5 Å². The minimum Gasteiger partial charge on any atom is -0.489 e. The van der Waals surface area contributed by atoms with Gasteiger partial charge in [-0.15, -0.1) is 0 Å². The standard InChI is InChI=1S/C17H11F3N4O/c18-17(19,20)13-3-1-12(2-4-13)11-25-16-7-5-14(6-8-16)23-24-15(9-21)10-22/h1-8,23H,11H2. The Kier molecular flexibility index (Phi) is 5.59. The van der Waals surface area contributed by atoms with Crippen molar-refractivity contribution in [3.05, 3.63) is 59.7 Å². The number of ether oxygens (including phenoxy) is 1. The third-order valence-electron chi connectivity index (χ3n) is 3.05. The fourth-order valence-corrected chi connectivity index (χ4v) is 1.78. The summed E-state index contributed by atoms with van der Waals surface area (Å²) in [4.78, 5) is 0. The van der Waals surface area contributed by atoms with Crippen molar-refractivity contribution in [3.8, 4) is 17.9 Å². The predicted octanol–water partition coefficient (Wildman–Crippen LogP) is 4.10. The Labute approximate surface area is 141 Å². The number of nitriles is 2. The molecule has 0 fully saturated rings. The number of halogens is 3. The summed E-state index contributed by atoms with van der Waals surface area (Å²) in [6.45, 7) is 0.121. The molecule has 5 nitrogen and oxygen atoms in total. The third-order valence-corrected chi connectivity index (χ3v) is 3.05. The van der Waals surface area contributed by atoms with Crippen LogP contribution >= 0.6 is 0 Å². The van der Waals surface area contributed by atoms with Gasteiger partial charge >= 0.3 is 6.18 Å². The molecule has 0 heterocycles. The molecule has 0 aromatic heterocycles. The summed E-state index contributed by atoms with van der Waals surface area (Å²) in [5.74, 6) is 0.509. The van der Waals surface area contributed by atoms with E-state index in [9.17, 15) is 13.2 Å². The molecule has 0 aliphatic carbocycles. The SMILES string of the molecule is N#CC(C#N)=NNc1ccc(OCc2ccc(C(F)(F)F)cc2)cc1. The lowest BCUT2D eigenvalue weighted by Gasteiger charge is -2.09. The molecule has 2 aromatic rings. The largest absolute Gasteiger partial charge is 0.489 e. The van der Waals surface area contributed by atoms with Gasteiger partial charge in [-0.2, -0.15) is 28.8 Å². The number of benzene rings is 2. The summed E-state index contributed by atoms with van der Waals surface area (Å²) in [6, 6.07) is 14.5.